The molecule has 2 aromatic rings. The second-order valence-corrected chi connectivity index (χ2v) is 6.60. The summed E-state index contributed by atoms with van der Waals surface area (Å²) < 4.78 is 6.86. The fraction of sp³-hybridized carbons (Fsp3) is 0.0833. The van der Waals surface area contributed by atoms with Gasteiger partial charge in [0, 0.05) is 5.56 Å². The van der Waals surface area contributed by atoms with E-state index in [1.54, 1.807) is 25.3 Å². The van der Waals surface area contributed by atoms with E-state index in [1.165, 1.54) is 11.3 Å². The van der Waals surface area contributed by atoms with Crippen molar-refractivity contribution in [1.82, 2.24) is 0 Å². The number of hydrogen-bond acceptors (Lipinski definition) is 3. The first kappa shape index (κ1) is 12.8. The molecule has 0 N–H and O–H groups in total. The first-order valence-corrected chi connectivity index (χ1v) is 7.15. The highest BCUT2D eigenvalue weighted by atomic mass is 79.9. The average molecular weight is 376 g/mol. The SMILES string of the molecule is COc1ccc(C(=O)c2ccc(Br)s2)cc1Br. The van der Waals surface area contributed by atoms with Crippen molar-refractivity contribution in [2.75, 3.05) is 7.11 Å². The van der Waals surface area contributed by atoms with Crippen LogP contribution in [-0.4, -0.2) is 12.9 Å². The molecular weight excluding hydrogens is 368 g/mol. The zero-order valence-electron chi connectivity index (χ0n) is 8.87. The standard InChI is InChI=1S/C12H8Br2O2S/c1-16-9-3-2-7(6-8(9)13)12(15)10-4-5-11(14)17-10/h2-6H,1H3. The topological polar surface area (TPSA) is 26.3 Å². The summed E-state index contributed by atoms with van der Waals surface area (Å²) in [6, 6.07) is 9.00. The highest BCUT2D eigenvalue weighted by molar-refractivity contribution is 9.11. The molecule has 0 bridgehead atoms. The van der Waals surface area contributed by atoms with E-state index >= 15 is 0 Å². The van der Waals surface area contributed by atoms with Gasteiger partial charge < -0.3 is 4.74 Å². The van der Waals surface area contributed by atoms with Gasteiger partial charge in [0.05, 0.1) is 20.2 Å². The van der Waals surface area contributed by atoms with Gasteiger partial charge in [0.25, 0.3) is 0 Å². The summed E-state index contributed by atoms with van der Waals surface area (Å²) in [5.74, 6) is 0.734. The van der Waals surface area contributed by atoms with E-state index in [2.05, 4.69) is 31.9 Å². The van der Waals surface area contributed by atoms with Crippen molar-refractivity contribution in [1.29, 1.82) is 0 Å². The Bertz CT molecular complexity index is 563. The van der Waals surface area contributed by atoms with Gasteiger partial charge in [0.1, 0.15) is 5.75 Å². The van der Waals surface area contributed by atoms with E-state index in [1.807, 2.05) is 12.1 Å². The Labute approximate surface area is 120 Å². The quantitative estimate of drug-likeness (QED) is 0.737. The second-order valence-electron chi connectivity index (χ2n) is 3.28. The summed E-state index contributed by atoms with van der Waals surface area (Å²) in [5, 5.41) is 0. The van der Waals surface area contributed by atoms with E-state index in [9.17, 15) is 4.79 Å². The molecule has 5 heteroatoms. The molecule has 0 radical (unpaired) electrons. The Morgan fingerprint density at radius 1 is 1.24 bits per heavy atom. The highest BCUT2D eigenvalue weighted by Crippen LogP contribution is 2.29. The van der Waals surface area contributed by atoms with Gasteiger partial charge in [-0.25, -0.2) is 0 Å². The molecule has 1 aromatic heterocycles. The number of hydrogen-bond donors (Lipinski definition) is 0. The molecule has 0 saturated carbocycles. The van der Waals surface area contributed by atoms with Crippen LogP contribution in [0.25, 0.3) is 0 Å². The van der Waals surface area contributed by atoms with Crippen LogP contribution in [0.2, 0.25) is 0 Å². The average Bonchev–Trinajstić information content (AvgIpc) is 2.75. The Morgan fingerprint density at radius 2 is 2.00 bits per heavy atom. The molecule has 88 valence electrons. The van der Waals surface area contributed by atoms with Crippen molar-refractivity contribution < 1.29 is 9.53 Å². The molecule has 1 heterocycles. The van der Waals surface area contributed by atoms with Gasteiger partial charge >= 0.3 is 0 Å². The number of ketones is 1. The Morgan fingerprint density at radius 3 is 2.53 bits per heavy atom. The first-order chi connectivity index (χ1) is 8.11. The lowest BCUT2D eigenvalue weighted by atomic mass is 10.1. The Hall–Kier alpha value is -0.650. The van der Waals surface area contributed by atoms with Gasteiger partial charge in [-0.3, -0.25) is 4.79 Å². The fourth-order valence-electron chi connectivity index (χ4n) is 1.39. The third-order valence-corrected chi connectivity index (χ3v) is 4.45. The monoisotopic (exact) mass is 374 g/mol. The lowest BCUT2D eigenvalue weighted by molar-refractivity contribution is 0.104. The number of carbonyl (C=O) groups excluding carboxylic acids is 1. The molecule has 0 aliphatic rings. The maximum atomic E-state index is 12.1. The minimum absolute atomic E-state index is 0.0176. The minimum atomic E-state index is 0.0176. The van der Waals surface area contributed by atoms with Crippen molar-refractivity contribution >= 4 is 49.0 Å². The van der Waals surface area contributed by atoms with Crippen LogP contribution in [0.5, 0.6) is 5.75 Å². The van der Waals surface area contributed by atoms with Gasteiger partial charge in [0.2, 0.25) is 5.78 Å². The summed E-state index contributed by atoms with van der Waals surface area (Å²) >= 11 is 8.14. The summed E-state index contributed by atoms with van der Waals surface area (Å²) in [7, 11) is 1.60. The van der Waals surface area contributed by atoms with Crippen molar-refractivity contribution in [3.05, 3.63) is 49.0 Å². The molecule has 17 heavy (non-hydrogen) atoms. The third-order valence-electron chi connectivity index (χ3n) is 2.21. The number of methoxy groups -OCH3 is 1. The smallest absolute Gasteiger partial charge is 0.203 e. The molecule has 2 rings (SSSR count). The van der Waals surface area contributed by atoms with E-state index < -0.39 is 0 Å². The van der Waals surface area contributed by atoms with Crippen LogP contribution in [-0.2, 0) is 0 Å². The largest absolute Gasteiger partial charge is 0.496 e. The van der Waals surface area contributed by atoms with Crippen molar-refractivity contribution in [2.45, 2.75) is 0 Å². The van der Waals surface area contributed by atoms with Gasteiger partial charge in [-0.2, -0.15) is 0 Å². The first-order valence-electron chi connectivity index (χ1n) is 4.75. The lowest BCUT2D eigenvalue weighted by Gasteiger charge is -2.04. The molecular formula is C12H8Br2O2S. The van der Waals surface area contributed by atoms with Crippen LogP contribution in [0.15, 0.2) is 38.6 Å². The van der Waals surface area contributed by atoms with Crippen molar-refractivity contribution in [2.24, 2.45) is 0 Å². The van der Waals surface area contributed by atoms with Crippen LogP contribution >= 0.6 is 43.2 Å². The molecule has 0 saturated heterocycles. The van der Waals surface area contributed by atoms with Gasteiger partial charge in [-0.05, 0) is 62.2 Å². The molecule has 0 spiro atoms. The molecule has 2 nitrogen and oxygen atoms in total. The maximum Gasteiger partial charge on any atom is 0.203 e. The van der Waals surface area contributed by atoms with Crippen LogP contribution in [0.1, 0.15) is 15.2 Å². The number of halogens is 2. The van der Waals surface area contributed by atoms with Crippen LogP contribution < -0.4 is 4.74 Å². The molecule has 0 fully saturated rings. The zero-order chi connectivity index (χ0) is 12.4. The number of benzene rings is 1. The molecule has 0 aliphatic heterocycles. The highest BCUT2D eigenvalue weighted by Gasteiger charge is 2.13. The molecule has 0 amide bonds. The molecule has 0 aliphatic carbocycles. The lowest BCUT2D eigenvalue weighted by Crippen LogP contribution is -1.98. The number of ether oxygens (including phenoxy) is 1. The number of thiophene rings is 1. The maximum absolute atomic E-state index is 12.1. The summed E-state index contributed by atoms with van der Waals surface area (Å²) in [4.78, 5) is 12.9. The Balaban J connectivity index is 2.35. The summed E-state index contributed by atoms with van der Waals surface area (Å²) in [5.41, 5.74) is 0.645. The van der Waals surface area contributed by atoms with E-state index in [0.29, 0.717) is 16.2 Å². The van der Waals surface area contributed by atoms with Crippen molar-refractivity contribution in [3.8, 4) is 5.75 Å². The van der Waals surface area contributed by atoms with Crippen LogP contribution in [0.4, 0.5) is 0 Å². The number of rotatable bonds is 3. The predicted molar refractivity (Wildman–Crippen MR) is 76.1 cm³/mol. The van der Waals surface area contributed by atoms with E-state index in [4.69, 9.17) is 4.74 Å². The van der Waals surface area contributed by atoms with Gasteiger partial charge in [-0.1, -0.05) is 0 Å². The molecule has 1 aromatic carbocycles. The third kappa shape index (κ3) is 2.78. The minimum Gasteiger partial charge on any atom is -0.496 e. The van der Waals surface area contributed by atoms with Crippen LogP contribution in [0, 0.1) is 0 Å². The summed E-state index contributed by atoms with van der Waals surface area (Å²) in [6.07, 6.45) is 0. The van der Waals surface area contributed by atoms with Gasteiger partial charge in [-0.15, -0.1) is 11.3 Å². The summed E-state index contributed by atoms with van der Waals surface area (Å²) in [6.45, 7) is 0. The Kier molecular flexibility index (Phi) is 4.01. The normalized spacial score (nSPS) is 10.3. The van der Waals surface area contributed by atoms with Crippen LogP contribution in [0.3, 0.4) is 0 Å². The number of carbonyl (C=O) groups is 1. The molecule has 0 unspecified atom stereocenters. The second kappa shape index (κ2) is 5.33. The predicted octanol–water partition coefficient (Wildman–Crippen LogP) is 4.51. The fourth-order valence-corrected chi connectivity index (χ4v) is 3.28. The van der Waals surface area contributed by atoms with Crippen molar-refractivity contribution in [3.63, 3.8) is 0 Å². The zero-order valence-corrected chi connectivity index (χ0v) is 12.9. The molecule has 0 atom stereocenters. The van der Waals surface area contributed by atoms with Gasteiger partial charge in [0.15, 0.2) is 0 Å². The van der Waals surface area contributed by atoms with E-state index in [0.717, 1.165) is 8.26 Å². The van der Waals surface area contributed by atoms with E-state index in [-0.39, 0.29) is 5.78 Å².